The molecule has 0 aliphatic heterocycles. The van der Waals surface area contributed by atoms with Crippen molar-refractivity contribution in [1.82, 2.24) is 15.3 Å². The van der Waals surface area contributed by atoms with Gasteiger partial charge in [-0.25, -0.2) is 4.98 Å². The summed E-state index contributed by atoms with van der Waals surface area (Å²) >= 11 is 0. The van der Waals surface area contributed by atoms with E-state index in [0.717, 1.165) is 32.1 Å². The van der Waals surface area contributed by atoms with Crippen LogP contribution in [0.3, 0.4) is 0 Å². The van der Waals surface area contributed by atoms with Crippen molar-refractivity contribution in [2.24, 2.45) is 23.2 Å². The third kappa shape index (κ3) is 7.64. The lowest BCUT2D eigenvalue weighted by molar-refractivity contribution is -0.274. The molecule has 4 bridgehead atoms. The highest BCUT2D eigenvalue weighted by molar-refractivity contribution is 5.85. The van der Waals surface area contributed by atoms with Crippen molar-refractivity contribution in [2.45, 2.75) is 57.1 Å². The van der Waals surface area contributed by atoms with Crippen LogP contribution >= 0.6 is 24.8 Å². The normalized spacial score (nSPS) is 26.1. The molecule has 0 saturated heterocycles. The smallest absolute Gasteiger partial charge is 0.405 e. The van der Waals surface area contributed by atoms with Crippen LogP contribution in [0.1, 0.15) is 43.2 Å². The number of hydrogen-bond acceptors (Lipinski definition) is 9. The van der Waals surface area contributed by atoms with Crippen molar-refractivity contribution >= 4 is 36.6 Å². The van der Waals surface area contributed by atoms with Crippen molar-refractivity contribution in [3.8, 4) is 11.8 Å². The Morgan fingerprint density at radius 1 is 1.07 bits per heavy atom. The molecule has 1 heterocycles. The summed E-state index contributed by atoms with van der Waals surface area (Å²) in [7, 11) is 0. The third-order valence-corrected chi connectivity index (χ3v) is 8.44. The standard InChI is InChI=1S/C27H33F3N6O3.2ClH/c28-27(29,30)39-22-4-2-1-3-17(22)11-32-25-33-12-20(10-31)24(36-25)34-15-26-7-16-5-18(8-26)23(19(6-16)9-26)35-21(13-37)14-38;;/h1-4,12,16,18-19,21,23,35,37-38H,5-9,11,13-15H2,(H2,32,33,34,36);2*1H/t16?,18-,19+,23?,26?;;. The second-order valence-corrected chi connectivity index (χ2v) is 11.2. The van der Waals surface area contributed by atoms with Crippen LogP contribution in [0, 0.1) is 34.5 Å². The number of aliphatic hydroxyl groups is 2. The van der Waals surface area contributed by atoms with Gasteiger partial charge in [0, 0.05) is 24.7 Å². The van der Waals surface area contributed by atoms with E-state index in [0.29, 0.717) is 41.2 Å². The Labute approximate surface area is 249 Å². The summed E-state index contributed by atoms with van der Waals surface area (Å²) in [6.07, 6.45) is 2.03. The first-order chi connectivity index (χ1) is 18.7. The van der Waals surface area contributed by atoms with Gasteiger partial charge in [0.05, 0.1) is 25.5 Å². The molecule has 4 aliphatic carbocycles. The number of nitrogens with one attached hydrogen (secondary N) is 3. The number of benzene rings is 1. The average molecular weight is 620 g/mol. The molecule has 14 heteroatoms. The van der Waals surface area contributed by atoms with E-state index < -0.39 is 6.36 Å². The Bertz CT molecular complexity index is 1200. The van der Waals surface area contributed by atoms with E-state index in [1.165, 1.54) is 24.4 Å². The molecule has 6 rings (SSSR count). The van der Waals surface area contributed by atoms with Gasteiger partial charge in [0.2, 0.25) is 5.95 Å². The Hall–Kier alpha value is -2.56. The van der Waals surface area contributed by atoms with E-state index in [2.05, 4.69) is 36.7 Å². The Balaban J connectivity index is 0.00000231. The summed E-state index contributed by atoms with van der Waals surface area (Å²) in [6.45, 7) is 0.471. The number of nitrogens with zero attached hydrogens (tertiary/aromatic N) is 3. The number of alkyl halides is 3. The SMILES string of the molecule is Cl.Cl.N#Cc1cnc(NCc2ccccc2OC(F)(F)F)nc1NCC12CC3C[C@H](C1)C(NC(CO)CO)[C@@H](C3)C2. The topological polar surface area (TPSA) is 135 Å². The van der Waals surface area contributed by atoms with Gasteiger partial charge in [-0.3, -0.25) is 0 Å². The number of aliphatic hydroxyl groups excluding tert-OH is 2. The first-order valence-corrected chi connectivity index (χ1v) is 13.3. The zero-order valence-electron chi connectivity index (χ0n) is 22.2. The molecule has 4 saturated carbocycles. The van der Waals surface area contributed by atoms with Gasteiger partial charge in [-0.05, 0) is 61.3 Å². The zero-order chi connectivity index (χ0) is 27.6. The van der Waals surface area contributed by atoms with E-state index in [-0.39, 0.29) is 73.8 Å². The fourth-order valence-electron chi connectivity index (χ4n) is 7.12. The molecule has 3 unspecified atom stereocenters. The summed E-state index contributed by atoms with van der Waals surface area (Å²) < 4.78 is 42.4. The van der Waals surface area contributed by atoms with Crippen LogP contribution in [-0.2, 0) is 6.54 Å². The summed E-state index contributed by atoms with van der Waals surface area (Å²) in [5.74, 6) is 1.85. The largest absolute Gasteiger partial charge is 0.573 e. The van der Waals surface area contributed by atoms with Gasteiger partial charge in [0.15, 0.2) is 0 Å². The number of rotatable bonds is 11. The number of ether oxygens (including phenoxy) is 1. The van der Waals surface area contributed by atoms with Gasteiger partial charge >= 0.3 is 6.36 Å². The van der Waals surface area contributed by atoms with E-state index in [4.69, 9.17) is 0 Å². The minimum absolute atomic E-state index is 0. The first kappa shape index (κ1) is 32.9. The number of para-hydroxylation sites is 1. The predicted molar refractivity (Wildman–Crippen MR) is 151 cm³/mol. The quantitative estimate of drug-likeness (QED) is 0.250. The maximum Gasteiger partial charge on any atom is 0.573 e. The van der Waals surface area contributed by atoms with Gasteiger partial charge in [-0.2, -0.15) is 10.2 Å². The van der Waals surface area contributed by atoms with Crippen molar-refractivity contribution < 1.29 is 28.1 Å². The summed E-state index contributed by atoms with van der Waals surface area (Å²) in [4.78, 5) is 8.63. The number of aromatic nitrogens is 2. The molecule has 4 fully saturated rings. The lowest BCUT2D eigenvalue weighted by Gasteiger charge is -2.60. The molecule has 4 aliphatic rings. The third-order valence-electron chi connectivity index (χ3n) is 8.44. The van der Waals surface area contributed by atoms with Crippen LogP contribution in [0.4, 0.5) is 24.9 Å². The molecule has 5 N–H and O–H groups in total. The first-order valence-electron chi connectivity index (χ1n) is 13.3. The Kier molecular flexibility index (Phi) is 10.9. The molecule has 0 amide bonds. The summed E-state index contributed by atoms with van der Waals surface area (Å²) in [5.41, 5.74) is 0.653. The number of anilines is 2. The highest BCUT2D eigenvalue weighted by atomic mass is 35.5. The van der Waals surface area contributed by atoms with E-state index in [9.17, 15) is 28.6 Å². The number of hydrogen-bond donors (Lipinski definition) is 5. The van der Waals surface area contributed by atoms with E-state index in [1.807, 2.05) is 0 Å². The Morgan fingerprint density at radius 2 is 1.76 bits per heavy atom. The van der Waals surface area contributed by atoms with Crippen molar-refractivity contribution in [2.75, 3.05) is 30.4 Å². The fraction of sp³-hybridized carbons (Fsp3) is 0.593. The zero-order valence-corrected chi connectivity index (χ0v) is 23.9. The average Bonchev–Trinajstić information content (AvgIpc) is 2.90. The molecule has 5 atom stereocenters. The molecule has 1 aromatic carbocycles. The maximum atomic E-state index is 12.8. The van der Waals surface area contributed by atoms with Crippen LogP contribution in [0.5, 0.6) is 5.75 Å². The number of nitriles is 1. The molecule has 1 aromatic heterocycles. The van der Waals surface area contributed by atoms with Crippen molar-refractivity contribution in [1.29, 1.82) is 5.26 Å². The Morgan fingerprint density at radius 3 is 2.39 bits per heavy atom. The van der Waals surface area contributed by atoms with Crippen molar-refractivity contribution in [3.63, 3.8) is 0 Å². The summed E-state index contributed by atoms with van der Waals surface area (Å²) in [5, 5.41) is 38.5. The van der Waals surface area contributed by atoms with Crippen LogP contribution in [-0.4, -0.2) is 58.4 Å². The van der Waals surface area contributed by atoms with Crippen LogP contribution < -0.4 is 20.7 Å². The molecule has 9 nitrogen and oxygen atoms in total. The van der Waals surface area contributed by atoms with E-state index >= 15 is 0 Å². The molecule has 41 heavy (non-hydrogen) atoms. The molecule has 0 radical (unpaired) electrons. The van der Waals surface area contributed by atoms with Gasteiger partial charge in [-0.15, -0.1) is 38.0 Å². The summed E-state index contributed by atoms with van der Waals surface area (Å²) in [6, 6.07) is 7.94. The van der Waals surface area contributed by atoms with Crippen molar-refractivity contribution in [3.05, 3.63) is 41.6 Å². The van der Waals surface area contributed by atoms with Gasteiger partial charge < -0.3 is 30.9 Å². The minimum atomic E-state index is -4.80. The predicted octanol–water partition coefficient (Wildman–Crippen LogP) is 4.25. The monoisotopic (exact) mass is 618 g/mol. The highest BCUT2D eigenvalue weighted by Crippen LogP contribution is 2.60. The number of halogens is 5. The second-order valence-electron chi connectivity index (χ2n) is 11.2. The maximum absolute atomic E-state index is 12.8. The molecular weight excluding hydrogens is 584 g/mol. The highest BCUT2D eigenvalue weighted by Gasteiger charge is 2.55. The van der Waals surface area contributed by atoms with Crippen LogP contribution in [0.25, 0.3) is 0 Å². The minimum Gasteiger partial charge on any atom is -0.405 e. The lowest BCUT2D eigenvalue weighted by Crippen LogP contribution is -2.61. The van der Waals surface area contributed by atoms with Crippen LogP contribution in [0.15, 0.2) is 30.5 Å². The van der Waals surface area contributed by atoms with Gasteiger partial charge in [0.25, 0.3) is 0 Å². The second kappa shape index (κ2) is 13.6. The van der Waals surface area contributed by atoms with E-state index in [1.54, 1.807) is 6.07 Å². The molecular formula is C27H35Cl2F3N6O3. The fourth-order valence-corrected chi connectivity index (χ4v) is 7.12. The van der Waals surface area contributed by atoms with Gasteiger partial charge in [0.1, 0.15) is 23.2 Å². The van der Waals surface area contributed by atoms with Gasteiger partial charge in [-0.1, -0.05) is 18.2 Å². The molecule has 0 spiro atoms. The lowest BCUT2D eigenvalue weighted by atomic mass is 9.48. The molecule has 2 aromatic rings. The van der Waals surface area contributed by atoms with Crippen LogP contribution in [0.2, 0.25) is 0 Å². The molecule has 226 valence electrons.